The quantitative estimate of drug-likeness (QED) is 0.802. The van der Waals surface area contributed by atoms with Crippen molar-refractivity contribution in [3.63, 3.8) is 0 Å². The fraction of sp³-hybridized carbons (Fsp3) is 0.733. The number of nitrogens with two attached hydrogens (primary N) is 1. The number of aryl methyl sites for hydroxylation is 1. The first-order valence-corrected chi connectivity index (χ1v) is 8.16. The van der Waals surface area contributed by atoms with Gasteiger partial charge in [0, 0.05) is 18.3 Å². The molecule has 0 aliphatic heterocycles. The number of thiazole rings is 1. The molecule has 1 amide bonds. The molecular formula is C15H27N3OS. The summed E-state index contributed by atoms with van der Waals surface area (Å²) in [5.41, 5.74) is 8.50. The highest BCUT2D eigenvalue weighted by Crippen LogP contribution is 2.21. The van der Waals surface area contributed by atoms with E-state index in [9.17, 15) is 4.79 Å². The van der Waals surface area contributed by atoms with Crippen LogP contribution in [0.1, 0.15) is 43.7 Å². The average molecular weight is 297 g/mol. The predicted octanol–water partition coefficient (Wildman–Crippen LogP) is 2.81. The van der Waals surface area contributed by atoms with Crippen molar-refractivity contribution in [3.8, 4) is 0 Å². The lowest BCUT2D eigenvalue weighted by Gasteiger charge is -2.22. The van der Waals surface area contributed by atoms with E-state index in [1.165, 1.54) is 4.88 Å². The summed E-state index contributed by atoms with van der Waals surface area (Å²) in [5, 5.41) is 0. The summed E-state index contributed by atoms with van der Waals surface area (Å²) in [4.78, 5) is 19.4. The van der Waals surface area contributed by atoms with Crippen molar-refractivity contribution in [1.29, 1.82) is 0 Å². The van der Waals surface area contributed by atoms with E-state index < -0.39 is 0 Å². The van der Waals surface area contributed by atoms with Crippen LogP contribution in [0.25, 0.3) is 0 Å². The second-order valence-electron chi connectivity index (χ2n) is 5.73. The molecule has 1 aromatic heterocycles. The molecule has 2 N–H and O–H groups in total. The third-order valence-corrected chi connectivity index (χ3v) is 4.78. The van der Waals surface area contributed by atoms with Gasteiger partial charge < -0.3 is 10.6 Å². The Morgan fingerprint density at radius 1 is 1.45 bits per heavy atom. The molecule has 114 valence electrons. The maximum Gasteiger partial charge on any atom is 0.222 e. The van der Waals surface area contributed by atoms with Crippen LogP contribution < -0.4 is 5.73 Å². The van der Waals surface area contributed by atoms with Crippen molar-refractivity contribution in [2.45, 2.75) is 46.6 Å². The van der Waals surface area contributed by atoms with Gasteiger partial charge in [0.1, 0.15) is 0 Å². The maximum absolute atomic E-state index is 12.2. The van der Waals surface area contributed by atoms with Crippen LogP contribution in [0.4, 0.5) is 0 Å². The summed E-state index contributed by atoms with van der Waals surface area (Å²) in [6, 6.07) is 0. The number of rotatable bonds is 8. The molecule has 1 heterocycles. The van der Waals surface area contributed by atoms with Gasteiger partial charge in [-0.2, -0.15) is 0 Å². The highest BCUT2D eigenvalue weighted by atomic mass is 32.1. The summed E-state index contributed by atoms with van der Waals surface area (Å²) < 4.78 is 0. The van der Waals surface area contributed by atoms with Crippen molar-refractivity contribution in [2.75, 3.05) is 13.6 Å². The number of carbonyl (C=O) groups is 1. The van der Waals surface area contributed by atoms with Crippen LogP contribution in [-0.2, 0) is 11.3 Å². The molecule has 4 nitrogen and oxygen atoms in total. The molecule has 1 aromatic rings. The number of carbonyl (C=O) groups excluding carboxylic acids is 1. The van der Waals surface area contributed by atoms with E-state index in [4.69, 9.17) is 5.73 Å². The zero-order valence-corrected chi connectivity index (χ0v) is 13.9. The van der Waals surface area contributed by atoms with Gasteiger partial charge >= 0.3 is 0 Å². The highest BCUT2D eigenvalue weighted by molar-refractivity contribution is 7.09. The fourth-order valence-electron chi connectivity index (χ4n) is 2.31. The summed E-state index contributed by atoms with van der Waals surface area (Å²) in [6.07, 6.45) is 2.54. The SMILES string of the molecule is Cc1ncsc1CN(C)C(=O)CCC(CCN)C(C)C. The molecule has 0 radical (unpaired) electrons. The van der Waals surface area contributed by atoms with E-state index in [-0.39, 0.29) is 5.91 Å². The minimum atomic E-state index is 0.209. The smallest absolute Gasteiger partial charge is 0.222 e. The van der Waals surface area contributed by atoms with Crippen LogP contribution in [0.5, 0.6) is 0 Å². The van der Waals surface area contributed by atoms with Crippen LogP contribution in [0, 0.1) is 18.8 Å². The van der Waals surface area contributed by atoms with Gasteiger partial charge in [-0.15, -0.1) is 11.3 Å². The number of hydrogen-bond donors (Lipinski definition) is 1. The Kier molecular flexibility index (Phi) is 7.16. The minimum Gasteiger partial charge on any atom is -0.341 e. The van der Waals surface area contributed by atoms with Gasteiger partial charge in [0.05, 0.1) is 17.7 Å². The van der Waals surface area contributed by atoms with Crippen LogP contribution >= 0.6 is 11.3 Å². The summed E-state index contributed by atoms with van der Waals surface area (Å²) in [6.45, 7) is 7.76. The lowest BCUT2D eigenvalue weighted by atomic mass is 9.88. The average Bonchev–Trinajstić information content (AvgIpc) is 2.79. The highest BCUT2D eigenvalue weighted by Gasteiger charge is 2.17. The van der Waals surface area contributed by atoms with Gasteiger partial charge in [-0.05, 0) is 38.1 Å². The van der Waals surface area contributed by atoms with Gasteiger partial charge in [-0.25, -0.2) is 4.98 Å². The second-order valence-corrected chi connectivity index (χ2v) is 6.67. The van der Waals surface area contributed by atoms with E-state index in [1.807, 2.05) is 19.5 Å². The third kappa shape index (κ3) is 5.21. The lowest BCUT2D eigenvalue weighted by Crippen LogP contribution is -2.27. The summed E-state index contributed by atoms with van der Waals surface area (Å²) in [7, 11) is 1.87. The van der Waals surface area contributed by atoms with Gasteiger partial charge in [-0.3, -0.25) is 4.79 Å². The van der Waals surface area contributed by atoms with Gasteiger partial charge in [-0.1, -0.05) is 13.8 Å². The van der Waals surface area contributed by atoms with Crippen molar-refractivity contribution >= 4 is 17.2 Å². The molecule has 0 aliphatic carbocycles. The monoisotopic (exact) mass is 297 g/mol. The molecule has 1 rings (SSSR count). The van der Waals surface area contributed by atoms with E-state index in [0.717, 1.165) is 18.5 Å². The fourth-order valence-corrected chi connectivity index (χ4v) is 3.14. The van der Waals surface area contributed by atoms with E-state index >= 15 is 0 Å². The van der Waals surface area contributed by atoms with Crippen molar-refractivity contribution in [1.82, 2.24) is 9.88 Å². The molecule has 0 saturated heterocycles. The Balaban J connectivity index is 2.43. The van der Waals surface area contributed by atoms with Crippen molar-refractivity contribution < 1.29 is 4.79 Å². The van der Waals surface area contributed by atoms with E-state index in [1.54, 1.807) is 16.2 Å². The lowest BCUT2D eigenvalue weighted by molar-refractivity contribution is -0.130. The normalized spacial score (nSPS) is 12.7. The van der Waals surface area contributed by atoms with Gasteiger partial charge in [0.2, 0.25) is 5.91 Å². The van der Waals surface area contributed by atoms with Crippen molar-refractivity contribution in [3.05, 3.63) is 16.1 Å². The Labute approximate surface area is 126 Å². The molecule has 0 aliphatic rings. The third-order valence-electron chi connectivity index (χ3n) is 3.86. The molecule has 0 aromatic carbocycles. The maximum atomic E-state index is 12.2. The predicted molar refractivity (Wildman–Crippen MR) is 84.6 cm³/mol. The molecule has 1 atom stereocenters. The first kappa shape index (κ1) is 17.1. The Morgan fingerprint density at radius 2 is 2.15 bits per heavy atom. The first-order chi connectivity index (χ1) is 9.45. The summed E-state index contributed by atoms with van der Waals surface area (Å²) >= 11 is 1.61. The number of nitrogens with zero attached hydrogens (tertiary/aromatic N) is 2. The van der Waals surface area contributed by atoms with Crippen LogP contribution in [0.15, 0.2) is 5.51 Å². The zero-order valence-electron chi connectivity index (χ0n) is 13.1. The molecule has 5 heteroatoms. The largest absolute Gasteiger partial charge is 0.341 e. The van der Waals surface area contributed by atoms with Crippen LogP contribution in [0.2, 0.25) is 0 Å². The van der Waals surface area contributed by atoms with Gasteiger partial charge in [0.15, 0.2) is 0 Å². The standard InChI is InChI=1S/C15H27N3OS/c1-11(2)13(7-8-16)5-6-15(19)18(4)9-14-12(3)17-10-20-14/h10-11,13H,5-9,16H2,1-4H3. The van der Waals surface area contributed by atoms with Crippen LogP contribution in [-0.4, -0.2) is 29.4 Å². The molecule has 0 saturated carbocycles. The summed E-state index contributed by atoms with van der Waals surface area (Å²) in [5.74, 6) is 1.34. The Hall–Kier alpha value is -0.940. The Morgan fingerprint density at radius 3 is 2.65 bits per heavy atom. The molecule has 20 heavy (non-hydrogen) atoms. The van der Waals surface area contributed by atoms with Gasteiger partial charge in [0.25, 0.3) is 0 Å². The zero-order chi connectivity index (χ0) is 15.1. The molecule has 0 spiro atoms. The minimum absolute atomic E-state index is 0.209. The molecule has 1 unspecified atom stereocenters. The number of hydrogen-bond acceptors (Lipinski definition) is 4. The molecule has 0 bridgehead atoms. The second kappa shape index (κ2) is 8.37. The molecular weight excluding hydrogens is 270 g/mol. The van der Waals surface area contributed by atoms with Crippen LogP contribution in [0.3, 0.4) is 0 Å². The topological polar surface area (TPSA) is 59.2 Å². The Bertz CT molecular complexity index is 417. The molecule has 0 fully saturated rings. The van der Waals surface area contributed by atoms with Crippen molar-refractivity contribution in [2.24, 2.45) is 17.6 Å². The van der Waals surface area contributed by atoms with E-state index in [2.05, 4.69) is 18.8 Å². The number of amides is 1. The first-order valence-electron chi connectivity index (χ1n) is 7.28. The number of aromatic nitrogens is 1. The van der Waals surface area contributed by atoms with E-state index in [0.29, 0.717) is 31.3 Å².